The van der Waals surface area contributed by atoms with Gasteiger partial charge in [0.25, 0.3) is 0 Å². The Bertz CT molecular complexity index is 573. The Morgan fingerprint density at radius 3 is 2.43 bits per heavy atom. The Labute approximate surface area is 129 Å². The summed E-state index contributed by atoms with van der Waals surface area (Å²) in [4.78, 5) is 23.0. The van der Waals surface area contributed by atoms with Crippen molar-refractivity contribution in [1.29, 1.82) is 0 Å². The lowest BCUT2D eigenvalue weighted by atomic mass is 9.87. The summed E-state index contributed by atoms with van der Waals surface area (Å²) >= 11 is 6.00. The minimum atomic E-state index is -1.05. The van der Waals surface area contributed by atoms with Crippen molar-refractivity contribution in [2.75, 3.05) is 0 Å². The van der Waals surface area contributed by atoms with Gasteiger partial charge >= 0.3 is 5.97 Å². The fourth-order valence-electron chi connectivity index (χ4n) is 1.72. The van der Waals surface area contributed by atoms with Crippen molar-refractivity contribution in [2.24, 2.45) is 5.41 Å². The molecule has 0 heterocycles. The molecule has 21 heavy (non-hydrogen) atoms. The molecule has 5 heteroatoms. The third-order valence-corrected chi connectivity index (χ3v) is 3.43. The van der Waals surface area contributed by atoms with Gasteiger partial charge in [-0.05, 0) is 35.6 Å². The van der Waals surface area contributed by atoms with Gasteiger partial charge < -0.3 is 10.4 Å². The number of carboxylic acid groups (broad SMARTS) is 1. The molecule has 0 aliphatic heterocycles. The highest BCUT2D eigenvalue weighted by Gasteiger charge is 2.31. The summed E-state index contributed by atoms with van der Waals surface area (Å²) in [6.07, 6.45) is 2.91. The Morgan fingerprint density at radius 1 is 1.33 bits per heavy atom. The molecular weight excluding hydrogens is 290 g/mol. The van der Waals surface area contributed by atoms with Crippen LogP contribution in [0.1, 0.15) is 31.9 Å². The molecule has 0 bridgehead atoms. The maximum atomic E-state index is 11.8. The molecule has 1 atom stereocenters. The lowest BCUT2D eigenvalue weighted by Gasteiger charge is -2.27. The van der Waals surface area contributed by atoms with Crippen molar-refractivity contribution in [3.05, 3.63) is 40.4 Å². The molecule has 1 aromatic rings. The van der Waals surface area contributed by atoms with Crippen LogP contribution in [0.15, 0.2) is 24.3 Å². The number of rotatable bonds is 4. The highest BCUT2D eigenvalue weighted by molar-refractivity contribution is 6.31. The molecule has 0 aliphatic rings. The largest absolute Gasteiger partial charge is 0.480 e. The lowest BCUT2D eigenvalue weighted by molar-refractivity contribution is -0.144. The molecule has 0 saturated carbocycles. The maximum Gasteiger partial charge on any atom is 0.326 e. The second-order valence-corrected chi connectivity index (χ2v) is 6.40. The van der Waals surface area contributed by atoms with Crippen LogP contribution in [0.3, 0.4) is 0 Å². The molecule has 0 unspecified atom stereocenters. The van der Waals surface area contributed by atoms with Gasteiger partial charge in [-0.3, -0.25) is 4.79 Å². The average molecular weight is 310 g/mol. The van der Waals surface area contributed by atoms with Gasteiger partial charge in [0.1, 0.15) is 6.04 Å². The van der Waals surface area contributed by atoms with Gasteiger partial charge in [-0.1, -0.05) is 44.5 Å². The first kappa shape index (κ1) is 17.2. The predicted octanol–water partition coefficient (Wildman–Crippen LogP) is 3.28. The van der Waals surface area contributed by atoms with E-state index in [1.807, 2.05) is 19.1 Å². The Kier molecular flexibility index (Phi) is 5.55. The molecule has 1 rings (SSSR count). The van der Waals surface area contributed by atoms with E-state index >= 15 is 0 Å². The number of aryl methyl sites for hydroxylation is 1. The highest BCUT2D eigenvalue weighted by atomic mass is 35.5. The number of amides is 1. The van der Waals surface area contributed by atoms with Crippen LogP contribution >= 0.6 is 11.6 Å². The molecule has 0 aliphatic carbocycles. The van der Waals surface area contributed by atoms with Gasteiger partial charge in [0.15, 0.2) is 0 Å². The van der Waals surface area contributed by atoms with E-state index in [9.17, 15) is 9.59 Å². The quantitative estimate of drug-likeness (QED) is 0.839. The summed E-state index contributed by atoms with van der Waals surface area (Å²) in [5, 5.41) is 12.3. The van der Waals surface area contributed by atoms with Crippen molar-refractivity contribution >= 4 is 29.6 Å². The molecule has 0 spiro atoms. The first-order chi connectivity index (χ1) is 9.61. The number of carbonyl (C=O) groups excluding carboxylic acids is 1. The molecular formula is C16H20ClNO3. The Balaban J connectivity index is 2.78. The summed E-state index contributed by atoms with van der Waals surface area (Å²) in [5.41, 5.74) is 1.17. The number of hydrogen-bond acceptors (Lipinski definition) is 2. The van der Waals surface area contributed by atoms with E-state index in [0.29, 0.717) is 5.02 Å². The van der Waals surface area contributed by atoms with Gasteiger partial charge in [0.05, 0.1) is 0 Å². The normalized spacial score (nSPS) is 13.2. The molecule has 2 N–H and O–H groups in total. The highest BCUT2D eigenvalue weighted by Crippen LogP contribution is 2.20. The van der Waals surface area contributed by atoms with E-state index in [0.717, 1.165) is 11.1 Å². The second-order valence-electron chi connectivity index (χ2n) is 5.99. The van der Waals surface area contributed by atoms with E-state index in [-0.39, 0.29) is 0 Å². The van der Waals surface area contributed by atoms with Crippen LogP contribution in [-0.2, 0) is 9.59 Å². The summed E-state index contributed by atoms with van der Waals surface area (Å²) in [7, 11) is 0. The first-order valence-corrected chi connectivity index (χ1v) is 6.96. The topological polar surface area (TPSA) is 66.4 Å². The van der Waals surface area contributed by atoms with Crippen molar-refractivity contribution < 1.29 is 14.7 Å². The second kappa shape index (κ2) is 6.76. The number of halogens is 1. The van der Waals surface area contributed by atoms with Gasteiger partial charge in [-0.2, -0.15) is 0 Å². The maximum absolute atomic E-state index is 11.8. The van der Waals surface area contributed by atoms with Gasteiger partial charge in [-0.15, -0.1) is 0 Å². The number of nitrogens with one attached hydrogen (secondary N) is 1. The van der Waals surface area contributed by atoms with Gasteiger partial charge in [0.2, 0.25) is 5.91 Å². The van der Waals surface area contributed by atoms with Crippen molar-refractivity contribution in [3.8, 4) is 0 Å². The average Bonchev–Trinajstić information content (AvgIpc) is 2.35. The SMILES string of the molecule is Cc1ccc(/C=C/C(=O)N[C@@H](C(=O)O)C(C)(C)C)cc1Cl. The number of hydrogen-bond donors (Lipinski definition) is 2. The molecule has 114 valence electrons. The number of carbonyl (C=O) groups is 2. The molecule has 0 fully saturated rings. The number of carboxylic acids is 1. The zero-order chi connectivity index (χ0) is 16.2. The van der Waals surface area contributed by atoms with Crippen LogP contribution in [0.5, 0.6) is 0 Å². The van der Waals surface area contributed by atoms with E-state index < -0.39 is 23.3 Å². The molecule has 1 aromatic carbocycles. The molecule has 0 saturated heterocycles. The first-order valence-electron chi connectivity index (χ1n) is 6.59. The van der Waals surface area contributed by atoms with Crippen molar-refractivity contribution in [2.45, 2.75) is 33.7 Å². The minimum Gasteiger partial charge on any atom is -0.480 e. The van der Waals surface area contributed by atoms with E-state index in [1.165, 1.54) is 6.08 Å². The van der Waals surface area contributed by atoms with Crippen LogP contribution < -0.4 is 5.32 Å². The van der Waals surface area contributed by atoms with Crippen molar-refractivity contribution in [1.82, 2.24) is 5.32 Å². The van der Waals surface area contributed by atoms with Crippen LogP contribution in [0.4, 0.5) is 0 Å². The summed E-state index contributed by atoms with van der Waals surface area (Å²) in [5.74, 6) is -1.50. The molecule has 1 amide bonds. The predicted molar refractivity (Wildman–Crippen MR) is 84.2 cm³/mol. The summed E-state index contributed by atoms with van der Waals surface area (Å²) in [6, 6.07) is 4.49. The van der Waals surface area contributed by atoms with Crippen molar-refractivity contribution in [3.63, 3.8) is 0 Å². The summed E-state index contributed by atoms with van der Waals surface area (Å²) in [6.45, 7) is 7.17. The van der Waals surface area contributed by atoms with Crippen LogP contribution in [0.25, 0.3) is 6.08 Å². The monoisotopic (exact) mass is 309 g/mol. The Morgan fingerprint density at radius 2 is 1.95 bits per heavy atom. The Hall–Kier alpha value is -1.81. The van der Waals surface area contributed by atoms with E-state index in [2.05, 4.69) is 5.32 Å². The third kappa shape index (κ3) is 5.23. The van der Waals surface area contributed by atoms with Crippen LogP contribution in [-0.4, -0.2) is 23.0 Å². The standard InChI is InChI=1S/C16H20ClNO3/c1-10-5-6-11(9-12(10)17)7-8-13(19)18-14(15(20)21)16(2,3)4/h5-9,14H,1-4H3,(H,18,19)(H,20,21)/b8-7+/t14-/m0/s1. The van der Waals surface area contributed by atoms with E-state index in [4.69, 9.17) is 16.7 Å². The zero-order valence-electron chi connectivity index (χ0n) is 12.6. The van der Waals surface area contributed by atoms with Gasteiger partial charge in [0, 0.05) is 11.1 Å². The smallest absolute Gasteiger partial charge is 0.326 e. The fraction of sp³-hybridized carbons (Fsp3) is 0.375. The van der Waals surface area contributed by atoms with Crippen LogP contribution in [0, 0.1) is 12.3 Å². The minimum absolute atomic E-state index is 0.450. The zero-order valence-corrected chi connectivity index (χ0v) is 13.4. The molecule has 0 aromatic heterocycles. The van der Waals surface area contributed by atoms with Gasteiger partial charge in [-0.25, -0.2) is 4.79 Å². The lowest BCUT2D eigenvalue weighted by Crippen LogP contribution is -2.48. The molecule has 0 radical (unpaired) electrons. The number of benzene rings is 1. The summed E-state index contributed by atoms with van der Waals surface area (Å²) < 4.78 is 0. The number of aliphatic carboxylic acids is 1. The third-order valence-electron chi connectivity index (χ3n) is 3.02. The molecule has 4 nitrogen and oxygen atoms in total. The fourth-order valence-corrected chi connectivity index (χ4v) is 1.91. The van der Waals surface area contributed by atoms with Crippen LogP contribution in [0.2, 0.25) is 5.02 Å². The van der Waals surface area contributed by atoms with E-state index in [1.54, 1.807) is 32.9 Å².